The van der Waals surface area contributed by atoms with Crippen molar-refractivity contribution in [2.75, 3.05) is 6.54 Å². The van der Waals surface area contributed by atoms with Gasteiger partial charge < -0.3 is 10.0 Å². The van der Waals surface area contributed by atoms with Crippen molar-refractivity contribution in [3.8, 4) is 0 Å². The summed E-state index contributed by atoms with van der Waals surface area (Å²) in [6.45, 7) is 2.50. The average molecular weight is 237 g/mol. The van der Waals surface area contributed by atoms with Crippen molar-refractivity contribution in [3.63, 3.8) is 0 Å². The van der Waals surface area contributed by atoms with Crippen LogP contribution in [0, 0.1) is 23.7 Å². The zero-order chi connectivity index (χ0) is 12.2. The fraction of sp³-hybridized carbons (Fsp3) is 0.846. The van der Waals surface area contributed by atoms with E-state index in [0.717, 1.165) is 24.7 Å². The van der Waals surface area contributed by atoms with Crippen molar-refractivity contribution >= 4 is 11.9 Å². The Bertz CT molecular complexity index is 358. The third-order valence-electron chi connectivity index (χ3n) is 4.95. The highest BCUT2D eigenvalue weighted by Crippen LogP contribution is 2.54. The Hall–Kier alpha value is -1.06. The van der Waals surface area contributed by atoms with E-state index in [1.54, 1.807) is 0 Å². The van der Waals surface area contributed by atoms with Crippen molar-refractivity contribution in [3.05, 3.63) is 0 Å². The van der Waals surface area contributed by atoms with Crippen LogP contribution in [-0.4, -0.2) is 34.5 Å². The summed E-state index contributed by atoms with van der Waals surface area (Å²) >= 11 is 0. The molecule has 0 radical (unpaired) electrons. The van der Waals surface area contributed by atoms with E-state index in [1.165, 1.54) is 6.42 Å². The molecule has 0 aromatic rings. The maximum atomic E-state index is 12.3. The van der Waals surface area contributed by atoms with Crippen molar-refractivity contribution in [1.29, 1.82) is 0 Å². The molecule has 2 saturated carbocycles. The highest BCUT2D eigenvalue weighted by atomic mass is 16.4. The second-order valence-electron chi connectivity index (χ2n) is 5.93. The van der Waals surface area contributed by atoms with Gasteiger partial charge in [0.05, 0.1) is 5.92 Å². The van der Waals surface area contributed by atoms with Gasteiger partial charge in [0.15, 0.2) is 0 Å². The third-order valence-corrected chi connectivity index (χ3v) is 4.95. The van der Waals surface area contributed by atoms with E-state index in [9.17, 15) is 9.59 Å². The summed E-state index contributed by atoms with van der Waals surface area (Å²) < 4.78 is 0. The number of amides is 1. The molecule has 1 saturated heterocycles. The van der Waals surface area contributed by atoms with Crippen molar-refractivity contribution < 1.29 is 14.7 Å². The van der Waals surface area contributed by atoms with E-state index in [0.29, 0.717) is 13.0 Å². The van der Waals surface area contributed by atoms with Crippen molar-refractivity contribution in [2.24, 2.45) is 23.7 Å². The van der Waals surface area contributed by atoms with Crippen LogP contribution in [0.3, 0.4) is 0 Å². The maximum Gasteiger partial charge on any atom is 0.308 e. The van der Waals surface area contributed by atoms with Gasteiger partial charge in [-0.2, -0.15) is 0 Å². The van der Waals surface area contributed by atoms with Gasteiger partial charge in [0.1, 0.15) is 0 Å². The van der Waals surface area contributed by atoms with Crippen LogP contribution in [0.4, 0.5) is 0 Å². The fourth-order valence-electron chi connectivity index (χ4n) is 3.73. The van der Waals surface area contributed by atoms with Gasteiger partial charge in [0.25, 0.3) is 0 Å². The summed E-state index contributed by atoms with van der Waals surface area (Å²) in [6, 6.07) is -0.128. The largest absolute Gasteiger partial charge is 0.481 e. The molecule has 0 spiro atoms. The lowest BCUT2D eigenvalue weighted by Gasteiger charge is -2.26. The van der Waals surface area contributed by atoms with Crippen LogP contribution in [0.25, 0.3) is 0 Å². The first kappa shape index (κ1) is 11.1. The molecule has 3 rings (SSSR count). The zero-order valence-electron chi connectivity index (χ0n) is 10.1. The smallest absolute Gasteiger partial charge is 0.308 e. The zero-order valence-corrected chi connectivity index (χ0v) is 10.1. The molecular weight excluding hydrogens is 218 g/mol. The minimum Gasteiger partial charge on any atom is -0.481 e. The van der Waals surface area contributed by atoms with Crippen LogP contribution >= 0.6 is 0 Å². The van der Waals surface area contributed by atoms with Gasteiger partial charge in [-0.3, -0.25) is 9.59 Å². The molecule has 4 unspecified atom stereocenters. The van der Waals surface area contributed by atoms with Crippen molar-refractivity contribution in [2.45, 2.75) is 38.6 Å². The first-order valence-electron chi connectivity index (χ1n) is 6.61. The molecule has 0 aromatic heterocycles. The normalized spacial score (nSPS) is 43.6. The molecule has 0 aromatic carbocycles. The molecular formula is C13H19NO3. The number of hydrogen-bond donors (Lipinski definition) is 1. The molecule has 3 aliphatic rings. The SMILES string of the molecule is CC1C(C(=O)O)CCN1C(=O)C1CC2CC2C1. The lowest BCUT2D eigenvalue weighted by molar-refractivity contribution is -0.143. The molecule has 4 atom stereocenters. The Morgan fingerprint density at radius 3 is 2.35 bits per heavy atom. The third kappa shape index (κ3) is 1.74. The topological polar surface area (TPSA) is 57.6 Å². The fourth-order valence-corrected chi connectivity index (χ4v) is 3.73. The van der Waals surface area contributed by atoms with Crippen LogP contribution in [0.5, 0.6) is 0 Å². The average Bonchev–Trinajstić information content (AvgIpc) is 2.74. The molecule has 3 fully saturated rings. The molecule has 17 heavy (non-hydrogen) atoms. The van der Waals surface area contributed by atoms with Gasteiger partial charge in [-0.1, -0.05) is 0 Å². The van der Waals surface area contributed by atoms with Gasteiger partial charge in [-0.15, -0.1) is 0 Å². The Labute approximate surface area is 101 Å². The predicted octanol–water partition coefficient (Wildman–Crippen LogP) is 1.35. The molecule has 4 nitrogen and oxygen atoms in total. The van der Waals surface area contributed by atoms with E-state index < -0.39 is 5.97 Å². The summed E-state index contributed by atoms with van der Waals surface area (Å²) in [4.78, 5) is 25.2. The Morgan fingerprint density at radius 1 is 1.18 bits per heavy atom. The second-order valence-corrected chi connectivity index (χ2v) is 5.93. The summed E-state index contributed by atoms with van der Waals surface area (Å²) in [6.07, 6.45) is 4.02. The number of carboxylic acid groups (broad SMARTS) is 1. The minimum absolute atomic E-state index is 0.128. The molecule has 94 valence electrons. The number of likely N-dealkylation sites (tertiary alicyclic amines) is 1. The van der Waals surface area contributed by atoms with Gasteiger partial charge in [0.2, 0.25) is 5.91 Å². The van der Waals surface area contributed by atoms with Gasteiger partial charge in [-0.25, -0.2) is 0 Å². The van der Waals surface area contributed by atoms with E-state index in [2.05, 4.69) is 0 Å². The summed E-state index contributed by atoms with van der Waals surface area (Å²) in [5.41, 5.74) is 0. The number of hydrogen-bond acceptors (Lipinski definition) is 2. The van der Waals surface area contributed by atoms with Gasteiger partial charge >= 0.3 is 5.97 Å². The van der Waals surface area contributed by atoms with E-state index >= 15 is 0 Å². The molecule has 2 aliphatic carbocycles. The van der Waals surface area contributed by atoms with Gasteiger partial charge in [0, 0.05) is 18.5 Å². The number of rotatable bonds is 2. The number of nitrogens with zero attached hydrogens (tertiary/aromatic N) is 1. The quantitative estimate of drug-likeness (QED) is 0.788. The lowest BCUT2D eigenvalue weighted by atomic mass is 9.99. The van der Waals surface area contributed by atoms with E-state index in [4.69, 9.17) is 5.11 Å². The van der Waals surface area contributed by atoms with Crippen LogP contribution < -0.4 is 0 Å². The van der Waals surface area contributed by atoms with Crippen molar-refractivity contribution in [1.82, 2.24) is 4.90 Å². The predicted molar refractivity (Wildman–Crippen MR) is 61.2 cm³/mol. The Morgan fingerprint density at radius 2 is 1.82 bits per heavy atom. The Kier molecular flexibility index (Phi) is 2.42. The van der Waals surface area contributed by atoms with Crippen LogP contribution in [0.2, 0.25) is 0 Å². The lowest BCUT2D eigenvalue weighted by Crippen LogP contribution is -2.40. The summed E-state index contributed by atoms with van der Waals surface area (Å²) in [5.74, 6) is 0.883. The molecule has 1 amide bonds. The Balaban J connectivity index is 1.64. The number of carboxylic acids is 1. The maximum absolute atomic E-state index is 12.3. The standard InChI is InChI=1S/C13H19NO3/c1-7-11(13(16)17)2-3-14(7)12(15)10-5-8-4-9(8)6-10/h7-11H,2-6H2,1H3,(H,16,17). The summed E-state index contributed by atoms with van der Waals surface area (Å²) in [5, 5.41) is 9.06. The first-order valence-corrected chi connectivity index (χ1v) is 6.61. The minimum atomic E-state index is -0.762. The van der Waals surface area contributed by atoms with Crippen LogP contribution in [0.1, 0.15) is 32.6 Å². The van der Waals surface area contributed by atoms with Crippen LogP contribution in [-0.2, 0) is 9.59 Å². The molecule has 1 N–H and O–H groups in total. The summed E-state index contributed by atoms with van der Waals surface area (Å²) in [7, 11) is 0. The monoisotopic (exact) mass is 237 g/mol. The number of aliphatic carboxylic acids is 1. The molecule has 0 bridgehead atoms. The highest BCUT2D eigenvalue weighted by Gasteiger charge is 2.50. The second kappa shape index (κ2) is 3.72. The highest BCUT2D eigenvalue weighted by molar-refractivity contribution is 5.82. The van der Waals surface area contributed by atoms with Crippen LogP contribution in [0.15, 0.2) is 0 Å². The number of carbonyl (C=O) groups excluding carboxylic acids is 1. The van der Waals surface area contributed by atoms with E-state index in [1.807, 2.05) is 11.8 Å². The molecule has 1 aliphatic heterocycles. The first-order chi connectivity index (χ1) is 8.08. The van der Waals surface area contributed by atoms with E-state index in [-0.39, 0.29) is 23.8 Å². The number of carbonyl (C=O) groups is 2. The molecule has 1 heterocycles. The van der Waals surface area contributed by atoms with Gasteiger partial charge in [-0.05, 0) is 44.4 Å². The number of fused-ring (bicyclic) bond motifs is 1. The molecule has 4 heteroatoms.